The van der Waals surface area contributed by atoms with Gasteiger partial charge < -0.3 is 15.2 Å². The van der Waals surface area contributed by atoms with Gasteiger partial charge in [-0.05, 0) is 19.9 Å². The lowest BCUT2D eigenvalue weighted by molar-refractivity contribution is 0.185. The van der Waals surface area contributed by atoms with Crippen LogP contribution in [0.4, 0.5) is 5.69 Å². The summed E-state index contributed by atoms with van der Waals surface area (Å²) in [5, 5.41) is 17.0. The zero-order chi connectivity index (χ0) is 15.2. The van der Waals surface area contributed by atoms with Crippen molar-refractivity contribution in [3.05, 3.63) is 46.8 Å². The normalized spacial score (nSPS) is 10.9. The van der Waals surface area contributed by atoms with Crippen molar-refractivity contribution in [1.82, 2.24) is 9.78 Å². The lowest BCUT2D eigenvalue weighted by Crippen LogP contribution is -2.07. The van der Waals surface area contributed by atoms with Crippen LogP contribution in [-0.4, -0.2) is 28.6 Å². The fraction of sp³-hybridized carbons (Fsp3) is 0.438. The molecule has 0 bridgehead atoms. The first-order valence-electron chi connectivity index (χ1n) is 7.11. The van der Waals surface area contributed by atoms with Crippen molar-refractivity contribution in [1.29, 1.82) is 0 Å². The molecule has 114 valence electrons. The summed E-state index contributed by atoms with van der Waals surface area (Å²) in [6, 6.07) is 8.13. The SMILES string of the molecule is COCc1ccccc1NCc1c(C)nn(CCO)c1C. The maximum Gasteiger partial charge on any atom is 0.0733 e. The molecular formula is C16H23N3O2. The Morgan fingerprint density at radius 2 is 2.05 bits per heavy atom. The van der Waals surface area contributed by atoms with E-state index in [1.165, 1.54) is 5.56 Å². The maximum absolute atomic E-state index is 9.06. The Balaban J connectivity index is 2.13. The number of aryl methyl sites for hydroxylation is 1. The van der Waals surface area contributed by atoms with E-state index >= 15 is 0 Å². The van der Waals surface area contributed by atoms with Crippen LogP contribution in [0.2, 0.25) is 0 Å². The number of nitrogens with zero attached hydrogens (tertiary/aromatic N) is 2. The first-order valence-corrected chi connectivity index (χ1v) is 7.11. The molecular weight excluding hydrogens is 266 g/mol. The first-order chi connectivity index (χ1) is 10.2. The number of methoxy groups -OCH3 is 1. The van der Waals surface area contributed by atoms with Gasteiger partial charge in [0.25, 0.3) is 0 Å². The van der Waals surface area contributed by atoms with E-state index in [1.54, 1.807) is 7.11 Å². The highest BCUT2D eigenvalue weighted by Gasteiger charge is 2.11. The van der Waals surface area contributed by atoms with Crippen LogP contribution in [0.25, 0.3) is 0 Å². The minimum absolute atomic E-state index is 0.103. The molecule has 5 nitrogen and oxygen atoms in total. The monoisotopic (exact) mass is 289 g/mol. The molecule has 1 aromatic carbocycles. The van der Waals surface area contributed by atoms with Crippen LogP contribution >= 0.6 is 0 Å². The molecule has 0 saturated heterocycles. The molecule has 2 rings (SSSR count). The van der Waals surface area contributed by atoms with E-state index in [0.717, 1.165) is 22.6 Å². The molecule has 2 N–H and O–H groups in total. The summed E-state index contributed by atoms with van der Waals surface area (Å²) < 4.78 is 7.07. The summed E-state index contributed by atoms with van der Waals surface area (Å²) in [7, 11) is 1.70. The standard InChI is InChI=1S/C16H23N3O2/c1-12-15(13(2)19(18-12)8-9-20)10-17-16-7-5-4-6-14(16)11-21-3/h4-7,17,20H,8-11H2,1-3H3. The minimum atomic E-state index is 0.103. The predicted octanol–water partition coefficient (Wildman–Crippen LogP) is 2.25. The number of hydrogen-bond donors (Lipinski definition) is 2. The molecule has 0 aliphatic heterocycles. The number of aromatic nitrogens is 2. The number of ether oxygens (including phenoxy) is 1. The van der Waals surface area contributed by atoms with Gasteiger partial charge >= 0.3 is 0 Å². The largest absolute Gasteiger partial charge is 0.394 e. The number of hydrogen-bond acceptors (Lipinski definition) is 4. The van der Waals surface area contributed by atoms with Gasteiger partial charge in [-0.15, -0.1) is 0 Å². The number of aliphatic hydroxyl groups excluding tert-OH is 1. The molecule has 0 aliphatic carbocycles. The minimum Gasteiger partial charge on any atom is -0.394 e. The van der Waals surface area contributed by atoms with E-state index in [9.17, 15) is 0 Å². The molecule has 0 atom stereocenters. The topological polar surface area (TPSA) is 59.3 Å². The van der Waals surface area contributed by atoms with Gasteiger partial charge in [-0.3, -0.25) is 4.68 Å². The number of nitrogens with one attached hydrogen (secondary N) is 1. The van der Waals surface area contributed by atoms with E-state index < -0.39 is 0 Å². The van der Waals surface area contributed by atoms with Gasteiger partial charge in [-0.2, -0.15) is 5.10 Å². The van der Waals surface area contributed by atoms with Crippen molar-refractivity contribution in [3.8, 4) is 0 Å². The van der Waals surface area contributed by atoms with Crippen molar-refractivity contribution >= 4 is 5.69 Å². The third kappa shape index (κ3) is 3.62. The fourth-order valence-electron chi connectivity index (χ4n) is 2.46. The summed E-state index contributed by atoms with van der Waals surface area (Å²) >= 11 is 0. The van der Waals surface area contributed by atoms with E-state index in [2.05, 4.69) is 22.5 Å². The lowest BCUT2D eigenvalue weighted by atomic mass is 10.1. The quantitative estimate of drug-likeness (QED) is 0.821. The summed E-state index contributed by atoms with van der Waals surface area (Å²) in [6.07, 6.45) is 0. The highest BCUT2D eigenvalue weighted by Crippen LogP contribution is 2.19. The molecule has 21 heavy (non-hydrogen) atoms. The molecule has 0 amide bonds. The number of benzene rings is 1. The molecule has 2 aromatic rings. The summed E-state index contributed by atoms with van der Waals surface area (Å²) in [5.41, 5.74) is 5.48. The highest BCUT2D eigenvalue weighted by molar-refractivity contribution is 5.51. The van der Waals surface area contributed by atoms with Gasteiger partial charge in [0.15, 0.2) is 0 Å². The molecule has 0 saturated carbocycles. The molecule has 0 radical (unpaired) electrons. The second-order valence-electron chi connectivity index (χ2n) is 5.04. The first kappa shape index (κ1) is 15.5. The zero-order valence-electron chi connectivity index (χ0n) is 12.9. The Morgan fingerprint density at radius 1 is 1.29 bits per heavy atom. The highest BCUT2D eigenvalue weighted by atomic mass is 16.5. The Kier molecular flexibility index (Phi) is 5.36. The number of anilines is 1. The van der Waals surface area contributed by atoms with Crippen LogP contribution in [0.15, 0.2) is 24.3 Å². The van der Waals surface area contributed by atoms with Gasteiger partial charge in [-0.1, -0.05) is 18.2 Å². The molecule has 0 fully saturated rings. The van der Waals surface area contributed by atoms with Gasteiger partial charge in [0.1, 0.15) is 0 Å². The van der Waals surface area contributed by atoms with Crippen LogP contribution in [0.1, 0.15) is 22.5 Å². The number of rotatable bonds is 7. The fourth-order valence-corrected chi connectivity index (χ4v) is 2.46. The van der Waals surface area contributed by atoms with Crippen LogP contribution < -0.4 is 5.32 Å². The summed E-state index contributed by atoms with van der Waals surface area (Å²) in [4.78, 5) is 0. The molecule has 0 spiro atoms. The Morgan fingerprint density at radius 3 is 2.76 bits per heavy atom. The second kappa shape index (κ2) is 7.24. The molecule has 1 aromatic heterocycles. The second-order valence-corrected chi connectivity index (χ2v) is 5.04. The van der Waals surface area contributed by atoms with Gasteiger partial charge in [0.05, 0.1) is 25.5 Å². The van der Waals surface area contributed by atoms with E-state index in [0.29, 0.717) is 19.7 Å². The van der Waals surface area contributed by atoms with Crippen molar-refractivity contribution in [2.75, 3.05) is 19.0 Å². The van der Waals surface area contributed by atoms with Gasteiger partial charge in [0.2, 0.25) is 0 Å². The third-order valence-corrected chi connectivity index (χ3v) is 3.62. The zero-order valence-corrected chi connectivity index (χ0v) is 12.9. The summed E-state index contributed by atoms with van der Waals surface area (Å²) in [5.74, 6) is 0. The average Bonchev–Trinajstić information content (AvgIpc) is 2.74. The van der Waals surface area contributed by atoms with Crippen molar-refractivity contribution in [3.63, 3.8) is 0 Å². The Hall–Kier alpha value is -1.85. The van der Waals surface area contributed by atoms with Crippen LogP contribution in [0.5, 0.6) is 0 Å². The molecule has 5 heteroatoms. The maximum atomic E-state index is 9.06. The van der Waals surface area contributed by atoms with E-state index in [4.69, 9.17) is 9.84 Å². The number of aliphatic hydroxyl groups is 1. The van der Waals surface area contributed by atoms with Crippen LogP contribution in [0.3, 0.4) is 0 Å². The van der Waals surface area contributed by atoms with Gasteiger partial charge in [-0.25, -0.2) is 0 Å². The van der Waals surface area contributed by atoms with Crippen molar-refractivity contribution in [2.24, 2.45) is 0 Å². The van der Waals surface area contributed by atoms with E-state index in [-0.39, 0.29) is 6.61 Å². The average molecular weight is 289 g/mol. The lowest BCUT2D eigenvalue weighted by Gasteiger charge is -2.12. The predicted molar refractivity (Wildman–Crippen MR) is 83.3 cm³/mol. The smallest absolute Gasteiger partial charge is 0.0733 e. The van der Waals surface area contributed by atoms with Gasteiger partial charge in [0, 0.05) is 36.2 Å². The molecule has 1 heterocycles. The van der Waals surface area contributed by atoms with Crippen molar-refractivity contribution < 1.29 is 9.84 Å². The molecule has 0 aliphatic rings. The Bertz CT molecular complexity index is 593. The summed E-state index contributed by atoms with van der Waals surface area (Å²) in [6.45, 7) is 5.97. The van der Waals surface area contributed by atoms with Crippen molar-refractivity contribution in [2.45, 2.75) is 33.5 Å². The van der Waals surface area contributed by atoms with E-state index in [1.807, 2.05) is 30.7 Å². The number of para-hydroxylation sites is 1. The van der Waals surface area contributed by atoms with Crippen LogP contribution in [-0.2, 0) is 24.4 Å². The van der Waals surface area contributed by atoms with Crippen LogP contribution in [0, 0.1) is 13.8 Å². The Labute approximate surface area is 125 Å². The molecule has 0 unspecified atom stereocenters. The third-order valence-electron chi connectivity index (χ3n) is 3.62.